The molecule has 25 heavy (non-hydrogen) atoms. The van der Waals surface area contributed by atoms with Crippen LogP contribution in [0.1, 0.15) is 5.56 Å². The summed E-state index contributed by atoms with van der Waals surface area (Å²) in [5.41, 5.74) is 1.65. The minimum atomic E-state index is -3.84. The van der Waals surface area contributed by atoms with Gasteiger partial charge in [0, 0.05) is 0 Å². The summed E-state index contributed by atoms with van der Waals surface area (Å²) in [5, 5.41) is 0.781. The third-order valence-electron chi connectivity index (χ3n) is 3.98. The van der Waals surface area contributed by atoms with Crippen molar-refractivity contribution in [2.24, 2.45) is 0 Å². The summed E-state index contributed by atoms with van der Waals surface area (Å²) < 4.78 is 46.6. The quantitative estimate of drug-likeness (QED) is 0.665. The first-order valence-electron chi connectivity index (χ1n) is 7.79. The molecule has 0 aliphatic carbocycles. The van der Waals surface area contributed by atoms with E-state index >= 15 is 0 Å². The van der Waals surface area contributed by atoms with E-state index in [1.165, 1.54) is 12.1 Å². The Labute approximate surface area is 145 Å². The number of aryl methyl sites for hydroxylation is 1. The fourth-order valence-corrected chi connectivity index (χ4v) is 3.57. The lowest BCUT2D eigenvalue weighted by molar-refractivity contribution is 0.0571. The van der Waals surface area contributed by atoms with Gasteiger partial charge in [0.1, 0.15) is 18.8 Å². The van der Waals surface area contributed by atoms with Gasteiger partial charge in [0.2, 0.25) is 0 Å². The van der Waals surface area contributed by atoms with Gasteiger partial charge in [-0.15, -0.1) is 0 Å². The lowest BCUT2D eigenvalue weighted by atomic mass is 10.2. The van der Waals surface area contributed by atoms with E-state index in [1.54, 1.807) is 36.6 Å². The number of hydrogen-bond acceptors (Lipinski definition) is 6. The SMILES string of the molecule is Cc1ccc(S(=O)(=O)OCC2COc3ccc4occc4c3O2)cc1. The van der Waals surface area contributed by atoms with Crippen molar-refractivity contribution >= 4 is 21.1 Å². The van der Waals surface area contributed by atoms with Crippen molar-refractivity contribution in [2.75, 3.05) is 13.2 Å². The maximum absolute atomic E-state index is 12.3. The van der Waals surface area contributed by atoms with Gasteiger partial charge >= 0.3 is 0 Å². The first-order chi connectivity index (χ1) is 12.0. The Morgan fingerprint density at radius 1 is 1.12 bits per heavy atom. The fraction of sp³-hybridized carbons (Fsp3) is 0.222. The summed E-state index contributed by atoms with van der Waals surface area (Å²) in [5.74, 6) is 1.14. The predicted octanol–water partition coefficient (Wildman–Crippen LogP) is 3.29. The zero-order chi connectivity index (χ0) is 17.4. The summed E-state index contributed by atoms with van der Waals surface area (Å²) in [6.07, 6.45) is 1.03. The van der Waals surface area contributed by atoms with Crippen molar-refractivity contribution < 1.29 is 26.5 Å². The van der Waals surface area contributed by atoms with Crippen LogP contribution in [0.4, 0.5) is 0 Å². The molecule has 4 rings (SSSR count). The molecule has 0 N–H and O–H groups in total. The average Bonchev–Trinajstić information content (AvgIpc) is 3.09. The molecule has 3 aromatic rings. The van der Waals surface area contributed by atoms with Crippen LogP contribution in [0.2, 0.25) is 0 Å². The van der Waals surface area contributed by atoms with Crippen molar-refractivity contribution in [2.45, 2.75) is 17.9 Å². The highest BCUT2D eigenvalue weighted by molar-refractivity contribution is 7.86. The highest BCUT2D eigenvalue weighted by atomic mass is 32.2. The third-order valence-corrected chi connectivity index (χ3v) is 5.27. The van der Waals surface area contributed by atoms with Crippen LogP contribution in [0.3, 0.4) is 0 Å². The molecular formula is C18H16O6S. The molecule has 6 nitrogen and oxygen atoms in total. The zero-order valence-electron chi connectivity index (χ0n) is 13.5. The van der Waals surface area contributed by atoms with Crippen molar-refractivity contribution in [1.82, 2.24) is 0 Å². The molecule has 0 bridgehead atoms. The molecule has 0 saturated carbocycles. The zero-order valence-corrected chi connectivity index (χ0v) is 14.3. The number of fused-ring (bicyclic) bond motifs is 3. The van der Waals surface area contributed by atoms with Gasteiger partial charge in [-0.25, -0.2) is 0 Å². The predicted molar refractivity (Wildman–Crippen MR) is 90.4 cm³/mol. The van der Waals surface area contributed by atoms with Gasteiger partial charge < -0.3 is 13.9 Å². The lowest BCUT2D eigenvalue weighted by Gasteiger charge is -2.26. The summed E-state index contributed by atoms with van der Waals surface area (Å²) >= 11 is 0. The molecule has 0 radical (unpaired) electrons. The van der Waals surface area contributed by atoms with Gasteiger partial charge in [-0.1, -0.05) is 17.7 Å². The highest BCUT2D eigenvalue weighted by Gasteiger charge is 2.26. The third kappa shape index (κ3) is 3.08. The highest BCUT2D eigenvalue weighted by Crippen LogP contribution is 2.39. The van der Waals surface area contributed by atoms with Crippen LogP contribution in [0.25, 0.3) is 11.0 Å². The largest absolute Gasteiger partial charge is 0.486 e. The van der Waals surface area contributed by atoms with Gasteiger partial charge in [0.05, 0.1) is 16.5 Å². The van der Waals surface area contributed by atoms with E-state index in [0.717, 1.165) is 10.9 Å². The summed E-state index contributed by atoms with van der Waals surface area (Å²) in [6, 6.07) is 11.8. The number of hydrogen-bond donors (Lipinski definition) is 0. The monoisotopic (exact) mass is 360 g/mol. The van der Waals surface area contributed by atoms with Crippen LogP contribution < -0.4 is 9.47 Å². The number of rotatable bonds is 4. The van der Waals surface area contributed by atoms with Crippen LogP contribution >= 0.6 is 0 Å². The standard InChI is InChI=1S/C18H16O6S/c1-12-2-4-14(5-3-12)25(19,20)23-11-13-10-22-17-7-6-16-15(8-9-21-16)18(17)24-13/h2-9,13H,10-11H2,1H3. The topological polar surface area (TPSA) is 75.0 Å². The molecule has 1 atom stereocenters. The smallest absolute Gasteiger partial charge is 0.297 e. The second kappa shape index (κ2) is 6.09. The van der Waals surface area contributed by atoms with E-state index in [4.69, 9.17) is 18.1 Å². The maximum atomic E-state index is 12.3. The molecule has 2 aromatic carbocycles. The molecule has 0 spiro atoms. The van der Waals surface area contributed by atoms with E-state index in [9.17, 15) is 8.42 Å². The molecular weight excluding hydrogens is 344 g/mol. The Bertz CT molecular complexity index is 1000. The van der Waals surface area contributed by atoms with Crippen molar-refractivity contribution in [3.63, 3.8) is 0 Å². The molecule has 1 aromatic heterocycles. The molecule has 130 valence electrons. The molecule has 1 aliphatic rings. The Kier molecular flexibility index (Phi) is 3.89. The van der Waals surface area contributed by atoms with Crippen molar-refractivity contribution in [1.29, 1.82) is 0 Å². The van der Waals surface area contributed by atoms with E-state index < -0.39 is 16.2 Å². The van der Waals surface area contributed by atoms with Gasteiger partial charge in [-0.3, -0.25) is 4.18 Å². The summed E-state index contributed by atoms with van der Waals surface area (Å²) in [4.78, 5) is 0.118. The Morgan fingerprint density at radius 2 is 1.92 bits per heavy atom. The van der Waals surface area contributed by atoms with Crippen LogP contribution in [0.15, 0.2) is 58.0 Å². The summed E-state index contributed by atoms with van der Waals surface area (Å²) in [7, 11) is -3.84. The molecule has 1 unspecified atom stereocenters. The first-order valence-corrected chi connectivity index (χ1v) is 9.19. The minimum Gasteiger partial charge on any atom is -0.486 e. The van der Waals surface area contributed by atoms with Gasteiger partial charge in [0.15, 0.2) is 17.6 Å². The van der Waals surface area contributed by atoms with Crippen molar-refractivity contribution in [3.05, 3.63) is 54.3 Å². The number of ether oxygens (including phenoxy) is 2. The lowest BCUT2D eigenvalue weighted by Crippen LogP contribution is -2.34. The summed E-state index contributed by atoms with van der Waals surface area (Å²) in [6.45, 7) is 1.96. The molecule has 2 heterocycles. The molecule has 0 amide bonds. The average molecular weight is 360 g/mol. The van der Waals surface area contributed by atoms with Gasteiger partial charge in [-0.05, 0) is 37.3 Å². The van der Waals surface area contributed by atoms with E-state index in [1.807, 2.05) is 6.92 Å². The molecule has 0 saturated heterocycles. The first kappa shape index (κ1) is 16.0. The molecule has 0 fully saturated rings. The minimum absolute atomic E-state index is 0.118. The number of benzene rings is 2. The number of furan rings is 1. The van der Waals surface area contributed by atoms with Crippen molar-refractivity contribution in [3.8, 4) is 11.5 Å². The maximum Gasteiger partial charge on any atom is 0.297 e. The Balaban J connectivity index is 1.49. The van der Waals surface area contributed by atoms with E-state index in [2.05, 4.69) is 0 Å². The second-order valence-corrected chi connectivity index (χ2v) is 7.44. The second-order valence-electron chi connectivity index (χ2n) is 5.83. The van der Waals surface area contributed by atoms with Crippen LogP contribution in [-0.4, -0.2) is 27.7 Å². The Hall–Kier alpha value is -2.51. The normalized spacial score (nSPS) is 16.9. The van der Waals surface area contributed by atoms with E-state index in [-0.39, 0.29) is 18.1 Å². The fourth-order valence-electron chi connectivity index (χ4n) is 2.64. The van der Waals surface area contributed by atoms with Crippen LogP contribution in [0, 0.1) is 6.92 Å². The molecule has 1 aliphatic heterocycles. The van der Waals surface area contributed by atoms with Gasteiger partial charge in [-0.2, -0.15) is 8.42 Å². The van der Waals surface area contributed by atoms with Crippen LogP contribution in [0.5, 0.6) is 11.5 Å². The Morgan fingerprint density at radius 3 is 2.72 bits per heavy atom. The van der Waals surface area contributed by atoms with Gasteiger partial charge in [0.25, 0.3) is 10.1 Å². The molecule has 7 heteroatoms. The van der Waals surface area contributed by atoms with Crippen LogP contribution in [-0.2, 0) is 14.3 Å². The van der Waals surface area contributed by atoms with E-state index in [0.29, 0.717) is 17.1 Å².